The monoisotopic (exact) mass is 331 g/mol. The number of hydrogen-bond acceptors (Lipinski definition) is 2. The SMILES string of the molecule is O=S(=O)(NCCBr)c1cc(Cl)ccc1Cl. The molecule has 0 aliphatic carbocycles. The molecule has 1 aromatic carbocycles. The maximum Gasteiger partial charge on any atom is 0.242 e. The Kier molecular flexibility index (Phi) is 4.86. The molecule has 0 saturated carbocycles. The van der Waals surface area contributed by atoms with Gasteiger partial charge in [-0.3, -0.25) is 0 Å². The molecule has 0 amide bonds. The molecule has 0 bridgehead atoms. The fraction of sp³-hybridized carbons (Fsp3) is 0.250. The molecule has 84 valence electrons. The molecular weight excluding hydrogens is 325 g/mol. The second kappa shape index (κ2) is 5.50. The second-order valence-corrected chi connectivity index (χ2v) is 6.03. The van der Waals surface area contributed by atoms with Crippen LogP contribution in [-0.4, -0.2) is 20.3 Å². The summed E-state index contributed by atoms with van der Waals surface area (Å²) >= 11 is 14.6. The van der Waals surface area contributed by atoms with E-state index in [-0.39, 0.29) is 9.92 Å². The molecular formula is C8H8BrCl2NO2S. The van der Waals surface area contributed by atoms with Crippen molar-refractivity contribution in [3.05, 3.63) is 28.2 Å². The van der Waals surface area contributed by atoms with Gasteiger partial charge in [-0.25, -0.2) is 13.1 Å². The minimum absolute atomic E-state index is 0.00221. The van der Waals surface area contributed by atoms with Crippen molar-refractivity contribution in [1.29, 1.82) is 0 Å². The molecule has 7 heteroatoms. The summed E-state index contributed by atoms with van der Waals surface area (Å²) in [5.41, 5.74) is 0. The van der Waals surface area contributed by atoms with Crippen molar-refractivity contribution in [3.8, 4) is 0 Å². The first-order valence-corrected chi connectivity index (χ1v) is 7.34. The maximum atomic E-state index is 11.7. The molecule has 15 heavy (non-hydrogen) atoms. The molecule has 0 saturated heterocycles. The van der Waals surface area contributed by atoms with Crippen molar-refractivity contribution < 1.29 is 8.42 Å². The van der Waals surface area contributed by atoms with Crippen LogP contribution in [0.5, 0.6) is 0 Å². The van der Waals surface area contributed by atoms with Gasteiger partial charge < -0.3 is 0 Å². The molecule has 0 radical (unpaired) electrons. The lowest BCUT2D eigenvalue weighted by Gasteiger charge is -2.07. The second-order valence-electron chi connectivity index (χ2n) is 2.66. The minimum atomic E-state index is -3.57. The van der Waals surface area contributed by atoms with Crippen LogP contribution in [0.2, 0.25) is 10.0 Å². The molecule has 1 aromatic rings. The van der Waals surface area contributed by atoms with E-state index in [1.54, 1.807) is 0 Å². The lowest BCUT2D eigenvalue weighted by Crippen LogP contribution is -2.25. The van der Waals surface area contributed by atoms with Crippen LogP contribution in [0.1, 0.15) is 0 Å². The molecule has 0 aliphatic rings. The van der Waals surface area contributed by atoms with Gasteiger partial charge >= 0.3 is 0 Å². The van der Waals surface area contributed by atoms with E-state index in [9.17, 15) is 8.42 Å². The van der Waals surface area contributed by atoms with Crippen molar-refractivity contribution in [3.63, 3.8) is 0 Å². The Balaban J connectivity index is 3.09. The minimum Gasteiger partial charge on any atom is -0.210 e. The average molecular weight is 333 g/mol. The smallest absolute Gasteiger partial charge is 0.210 e. The zero-order chi connectivity index (χ0) is 11.5. The molecule has 1 N–H and O–H groups in total. The Morgan fingerprint density at radius 3 is 2.60 bits per heavy atom. The lowest BCUT2D eigenvalue weighted by atomic mass is 10.4. The van der Waals surface area contributed by atoms with Crippen LogP contribution in [0.25, 0.3) is 0 Å². The first-order chi connectivity index (χ1) is 6.97. The zero-order valence-corrected chi connectivity index (χ0v) is 11.4. The van der Waals surface area contributed by atoms with Gasteiger partial charge in [0.15, 0.2) is 0 Å². The topological polar surface area (TPSA) is 46.2 Å². The molecule has 0 fully saturated rings. The van der Waals surface area contributed by atoms with Crippen LogP contribution in [0.3, 0.4) is 0 Å². The normalized spacial score (nSPS) is 11.7. The van der Waals surface area contributed by atoms with Gasteiger partial charge in [-0.2, -0.15) is 0 Å². The summed E-state index contributed by atoms with van der Waals surface area (Å²) in [6.07, 6.45) is 0. The van der Waals surface area contributed by atoms with E-state index in [4.69, 9.17) is 23.2 Å². The highest BCUT2D eigenvalue weighted by Gasteiger charge is 2.17. The third kappa shape index (κ3) is 3.60. The lowest BCUT2D eigenvalue weighted by molar-refractivity contribution is 0.584. The maximum absolute atomic E-state index is 11.7. The highest BCUT2D eigenvalue weighted by Crippen LogP contribution is 2.24. The molecule has 0 aromatic heterocycles. The number of rotatable bonds is 4. The van der Waals surface area contributed by atoms with E-state index < -0.39 is 10.0 Å². The average Bonchev–Trinajstić information content (AvgIpc) is 2.18. The highest BCUT2D eigenvalue weighted by molar-refractivity contribution is 9.09. The number of nitrogens with one attached hydrogen (secondary N) is 1. The van der Waals surface area contributed by atoms with Crippen LogP contribution in [0, 0.1) is 0 Å². The van der Waals surface area contributed by atoms with Gasteiger partial charge in [0.1, 0.15) is 4.90 Å². The number of benzene rings is 1. The van der Waals surface area contributed by atoms with Gasteiger partial charge in [0, 0.05) is 16.9 Å². The Labute approximate surface area is 107 Å². The largest absolute Gasteiger partial charge is 0.242 e. The summed E-state index contributed by atoms with van der Waals surface area (Å²) in [7, 11) is -3.57. The van der Waals surface area contributed by atoms with Gasteiger partial charge in [-0.1, -0.05) is 39.1 Å². The molecule has 0 aliphatic heterocycles. The van der Waals surface area contributed by atoms with Crippen LogP contribution in [0.15, 0.2) is 23.1 Å². The number of alkyl halides is 1. The van der Waals surface area contributed by atoms with Gasteiger partial charge in [0.25, 0.3) is 0 Å². The standard InChI is InChI=1S/C8H8BrCl2NO2S/c9-3-4-12-15(13,14)8-5-6(10)1-2-7(8)11/h1-2,5,12H,3-4H2. The fourth-order valence-electron chi connectivity index (χ4n) is 0.934. The van der Waals surface area contributed by atoms with Crippen LogP contribution in [0.4, 0.5) is 0 Å². The molecule has 0 heterocycles. The quantitative estimate of drug-likeness (QED) is 0.862. The van der Waals surface area contributed by atoms with Gasteiger partial charge in [0.2, 0.25) is 10.0 Å². The van der Waals surface area contributed by atoms with E-state index in [1.165, 1.54) is 18.2 Å². The molecule has 0 spiro atoms. The van der Waals surface area contributed by atoms with E-state index in [0.29, 0.717) is 16.9 Å². The predicted octanol–water partition coefficient (Wildman–Crippen LogP) is 2.67. The zero-order valence-electron chi connectivity index (χ0n) is 7.50. The fourth-order valence-corrected chi connectivity index (χ4v) is 3.19. The third-order valence-corrected chi connectivity index (χ3v) is 4.14. The molecule has 1 rings (SSSR count). The summed E-state index contributed by atoms with van der Waals surface area (Å²) < 4.78 is 25.8. The summed E-state index contributed by atoms with van der Waals surface area (Å²) in [6.45, 7) is 0.297. The highest BCUT2D eigenvalue weighted by atomic mass is 79.9. The Morgan fingerprint density at radius 1 is 1.33 bits per heavy atom. The molecule has 3 nitrogen and oxygen atoms in total. The Hall–Kier alpha value is 0.190. The van der Waals surface area contributed by atoms with Gasteiger partial charge in [-0.05, 0) is 18.2 Å². The van der Waals surface area contributed by atoms with E-state index in [2.05, 4.69) is 20.7 Å². The van der Waals surface area contributed by atoms with E-state index in [0.717, 1.165) is 0 Å². The third-order valence-electron chi connectivity index (χ3n) is 1.57. The van der Waals surface area contributed by atoms with Crippen molar-refractivity contribution in [2.45, 2.75) is 4.90 Å². The van der Waals surface area contributed by atoms with E-state index in [1.807, 2.05) is 0 Å². The van der Waals surface area contributed by atoms with Crippen LogP contribution < -0.4 is 4.72 Å². The van der Waals surface area contributed by atoms with Crippen molar-refractivity contribution in [2.75, 3.05) is 11.9 Å². The summed E-state index contributed by atoms with van der Waals surface area (Å²) in [6, 6.07) is 4.31. The first-order valence-electron chi connectivity index (χ1n) is 3.98. The van der Waals surface area contributed by atoms with Gasteiger partial charge in [-0.15, -0.1) is 0 Å². The Bertz CT molecular complexity index is 450. The first kappa shape index (κ1) is 13.3. The Morgan fingerprint density at radius 2 is 2.00 bits per heavy atom. The number of halogens is 3. The van der Waals surface area contributed by atoms with Gasteiger partial charge in [0.05, 0.1) is 5.02 Å². The molecule has 0 unspecified atom stereocenters. The van der Waals surface area contributed by atoms with Crippen LogP contribution >= 0.6 is 39.1 Å². The van der Waals surface area contributed by atoms with Crippen molar-refractivity contribution in [1.82, 2.24) is 4.72 Å². The summed E-state index contributed by atoms with van der Waals surface area (Å²) in [5.74, 6) is 0. The summed E-state index contributed by atoms with van der Waals surface area (Å²) in [4.78, 5) is -0.00221. The van der Waals surface area contributed by atoms with Crippen molar-refractivity contribution >= 4 is 49.2 Å². The van der Waals surface area contributed by atoms with E-state index >= 15 is 0 Å². The number of hydrogen-bond donors (Lipinski definition) is 1. The summed E-state index contributed by atoms with van der Waals surface area (Å²) in [5, 5.41) is 1.02. The van der Waals surface area contributed by atoms with Crippen LogP contribution in [-0.2, 0) is 10.0 Å². The van der Waals surface area contributed by atoms with Crippen molar-refractivity contribution in [2.24, 2.45) is 0 Å². The molecule has 0 atom stereocenters. The predicted molar refractivity (Wildman–Crippen MR) is 65.4 cm³/mol. The number of sulfonamides is 1.